The van der Waals surface area contributed by atoms with Crippen LogP contribution in [0.5, 0.6) is 0 Å². The lowest BCUT2D eigenvalue weighted by Gasteiger charge is -2.20. The monoisotopic (exact) mass is 508 g/mol. The smallest absolute Gasteiger partial charge is 0.327 e. The van der Waals surface area contributed by atoms with Crippen molar-refractivity contribution in [3.8, 4) is 0 Å². The Bertz CT molecular complexity index is 1030. The Morgan fingerprint density at radius 3 is 2.25 bits per heavy atom. The predicted octanol–water partition coefficient (Wildman–Crippen LogP) is 2.86. The molecule has 2 atom stereocenters. The molecule has 0 fully saturated rings. The summed E-state index contributed by atoms with van der Waals surface area (Å²) < 4.78 is 56.4. The Hall–Kier alpha value is -2.25. The van der Waals surface area contributed by atoms with Gasteiger partial charge in [-0.05, 0) is 55.5 Å². The molecule has 32 heavy (non-hydrogen) atoms. The van der Waals surface area contributed by atoms with E-state index in [9.17, 15) is 31.9 Å². The zero-order valence-electron chi connectivity index (χ0n) is 16.5. The maximum Gasteiger partial charge on any atom is 0.327 e. The average molecular weight is 509 g/mol. The Kier molecular flexibility index (Phi) is 9.40. The Morgan fingerprint density at radius 2 is 1.72 bits per heavy atom. The van der Waals surface area contributed by atoms with Gasteiger partial charge >= 0.3 is 5.97 Å². The fourth-order valence-corrected chi connectivity index (χ4v) is 4.22. The molecule has 0 aliphatic rings. The number of carbonyl (C=O) groups is 2. The zero-order chi connectivity index (χ0) is 23.9. The SMILES string of the molecule is C[C@@H](O)[C@@H](NS(=O)(=O)c1ccc(Cl)cc1)C(=O)OCC(=O)Nc1ccc(SC(F)F)cc1. The number of aliphatic hydroxyl groups excluding tert-OH is 1. The number of esters is 1. The number of rotatable bonds is 10. The highest BCUT2D eigenvalue weighted by molar-refractivity contribution is 7.99. The fourth-order valence-electron chi connectivity index (χ4n) is 2.34. The minimum absolute atomic E-state index is 0.188. The van der Waals surface area contributed by atoms with Crippen molar-refractivity contribution in [2.75, 3.05) is 11.9 Å². The van der Waals surface area contributed by atoms with Crippen LogP contribution in [-0.2, 0) is 24.3 Å². The van der Waals surface area contributed by atoms with E-state index >= 15 is 0 Å². The largest absolute Gasteiger partial charge is 0.454 e. The maximum atomic E-state index is 12.4. The first-order valence-corrected chi connectivity index (χ1v) is 11.7. The van der Waals surface area contributed by atoms with Crippen LogP contribution in [0.15, 0.2) is 58.3 Å². The Labute approximate surface area is 192 Å². The highest BCUT2D eigenvalue weighted by Crippen LogP contribution is 2.26. The zero-order valence-corrected chi connectivity index (χ0v) is 18.9. The van der Waals surface area contributed by atoms with Gasteiger partial charge < -0.3 is 15.2 Å². The summed E-state index contributed by atoms with van der Waals surface area (Å²) in [6, 6.07) is 8.99. The number of sulfonamides is 1. The van der Waals surface area contributed by atoms with E-state index in [1.165, 1.54) is 55.5 Å². The first-order valence-electron chi connectivity index (χ1n) is 8.95. The number of carbonyl (C=O) groups excluding carboxylic acids is 2. The van der Waals surface area contributed by atoms with Gasteiger partial charge in [0.15, 0.2) is 6.61 Å². The van der Waals surface area contributed by atoms with Crippen LogP contribution in [0.25, 0.3) is 0 Å². The summed E-state index contributed by atoms with van der Waals surface area (Å²) in [5.41, 5.74) is 0.278. The van der Waals surface area contributed by atoms with Crippen LogP contribution >= 0.6 is 23.4 Å². The molecule has 0 heterocycles. The molecule has 174 valence electrons. The van der Waals surface area contributed by atoms with Crippen LogP contribution in [0.2, 0.25) is 5.02 Å². The fraction of sp³-hybridized carbons (Fsp3) is 0.263. The van der Waals surface area contributed by atoms with Crippen LogP contribution in [0.1, 0.15) is 6.92 Å². The molecule has 2 rings (SSSR count). The number of halogens is 3. The first-order chi connectivity index (χ1) is 15.0. The minimum atomic E-state index is -4.19. The van der Waals surface area contributed by atoms with Gasteiger partial charge in [-0.3, -0.25) is 9.59 Å². The third kappa shape index (κ3) is 8.02. The van der Waals surface area contributed by atoms with E-state index in [0.717, 1.165) is 0 Å². The van der Waals surface area contributed by atoms with Gasteiger partial charge in [0.05, 0.1) is 11.0 Å². The van der Waals surface area contributed by atoms with E-state index in [4.69, 9.17) is 16.3 Å². The number of amides is 1. The van der Waals surface area contributed by atoms with E-state index < -0.39 is 46.4 Å². The predicted molar refractivity (Wildman–Crippen MR) is 115 cm³/mol. The second kappa shape index (κ2) is 11.6. The highest BCUT2D eigenvalue weighted by Gasteiger charge is 2.31. The van der Waals surface area contributed by atoms with Gasteiger partial charge in [-0.2, -0.15) is 13.5 Å². The molecule has 13 heteroatoms. The molecule has 0 spiro atoms. The summed E-state index contributed by atoms with van der Waals surface area (Å²) in [5, 5.41) is 12.5. The molecule has 0 radical (unpaired) electrons. The average Bonchev–Trinajstić information content (AvgIpc) is 2.71. The number of aliphatic hydroxyl groups is 1. The van der Waals surface area contributed by atoms with E-state index in [-0.39, 0.29) is 10.6 Å². The number of hydrogen-bond donors (Lipinski definition) is 3. The number of anilines is 1. The molecule has 8 nitrogen and oxygen atoms in total. The van der Waals surface area contributed by atoms with Crippen molar-refractivity contribution < 1.29 is 36.6 Å². The quantitative estimate of drug-likeness (QED) is 0.333. The summed E-state index contributed by atoms with van der Waals surface area (Å²) in [5.74, 6) is -4.50. The molecule has 0 saturated carbocycles. The number of hydrogen-bond acceptors (Lipinski definition) is 7. The van der Waals surface area contributed by atoms with Crippen molar-refractivity contribution in [1.29, 1.82) is 0 Å². The number of benzene rings is 2. The van der Waals surface area contributed by atoms with Gasteiger partial charge in [-0.1, -0.05) is 23.4 Å². The third-order valence-corrected chi connectivity index (χ3v) is 6.28. The van der Waals surface area contributed by atoms with Crippen molar-refractivity contribution in [2.24, 2.45) is 0 Å². The van der Waals surface area contributed by atoms with E-state index in [2.05, 4.69) is 5.32 Å². The lowest BCUT2D eigenvalue weighted by molar-refractivity contribution is -0.151. The molecular weight excluding hydrogens is 490 g/mol. The summed E-state index contributed by atoms with van der Waals surface area (Å²) in [6.45, 7) is 0.410. The Balaban J connectivity index is 1.94. The highest BCUT2D eigenvalue weighted by atomic mass is 35.5. The molecule has 0 aromatic heterocycles. The van der Waals surface area contributed by atoms with Gasteiger partial charge in [-0.25, -0.2) is 8.42 Å². The van der Waals surface area contributed by atoms with Crippen LogP contribution in [0.4, 0.5) is 14.5 Å². The molecule has 0 bridgehead atoms. The second-order valence-electron chi connectivity index (χ2n) is 6.35. The first kappa shape index (κ1) is 26.0. The number of thioether (sulfide) groups is 1. The standard InChI is InChI=1S/C19H19ClF2N2O6S2/c1-11(25)17(24-32(28,29)15-8-2-12(20)3-9-15)18(27)30-10-16(26)23-13-4-6-14(7-5-13)31-19(21)22/h2-9,11,17,19,24-25H,10H2,1H3,(H,23,26)/t11-,17-/m1/s1. The van der Waals surface area contributed by atoms with E-state index in [1.54, 1.807) is 0 Å². The second-order valence-corrected chi connectivity index (χ2v) is 9.57. The number of alkyl halides is 2. The molecule has 0 saturated heterocycles. The van der Waals surface area contributed by atoms with Gasteiger partial charge in [0.25, 0.3) is 11.7 Å². The topological polar surface area (TPSA) is 122 Å². The molecule has 1 amide bonds. The number of ether oxygens (including phenoxy) is 1. The van der Waals surface area contributed by atoms with Crippen LogP contribution < -0.4 is 10.0 Å². The van der Waals surface area contributed by atoms with Gasteiger partial charge in [0.2, 0.25) is 10.0 Å². The van der Waals surface area contributed by atoms with Gasteiger partial charge in [-0.15, -0.1) is 0 Å². The normalized spacial score (nSPS) is 13.4. The lowest BCUT2D eigenvalue weighted by atomic mass is 10.2. The number of nitrogens with one attached hydrogen (secondary N) is 2. The minimum Gasteiger partial charge on any atom is -0.454 e. The summed E-state index contributed by atoms with van der Waals surface area (Å²) >= 11 is 6.07. The van der Waals surface area contributed by atoms with Gasteiger partial charge in [0.1, 0.15) is 6.04 Å². The van der Waals surface area contributed by atoms with Crippen LogP contribution in [0.3, 0.4) is 0 Å². The van der Waals surface area contributed by atoms with E-state index in [0.29, 0.717) is 21.7 Å². The molecule has 0 aliphatic carbocycles. The summed E-state index contributed by atoms with van der Waals surface area (Å²) in [4.78, 5) is 24.4. The summed E-state index contributed by atoms with van der Waals surface area (Å²) in [6.07, 6.45) is -1.47. The van der Waals surface area contributed by atoms with Crippen molar-refractivity contribution in [1.82, 2.24) is 4.72 Å². The van der Waals surface area contributed by atoms with E-state index in [1.807, 2.05) is 4.72 Å². The van der Waals surface area contributed by atoms with Crippen molar-refractivity contribution in [3.63, 3.8) is 0 Å². The molecule has 2 aromatic carbocycles. The molecule has 0 aliphatic heterocycles. The lowest BCUT2D eigenvalue weighted by Crippen LogP contribution is -2.48. The third-order valence-electron chi connectivity index (χ3n) is 3.85. The summed E-state index contributed by atoms with van der Waals surface area (Å²) in [7, 11) is -4.19. The van der Waals surface area contributed by atoms with Crippen LogP contribution in [0, 0.1) is 0 Å². The van der Waals surface area contributed by atoms with Gasteiger partial charge in [0, 0.05) is 15.6 Å². The van der Waals surface area contributed by atoms with Crippen molar-refractivity contribution in [2.45, 2.75) is 34.6 Å². The molecular formula is C19H19ClF2N2O6S2. The maximum absolute atomic E-state index is 12.4. The Morgan fingerprint density at radius 1 is 1.12 bits per heavy atom. The molecule has 3 N–H and O–H groups in total. The van der Waals surface area contributed by atoms with Crippen molar-refractivity contribution in [3.05, 3.63) is 53.6 Å². The van der Waals surface area contributed by atoms with Crippen LogP contribution in [-0.4, -0.2) is 49.9 Å². The molecule has 0 unspecified atom stereocenters. The molecule has 2 aromatic rings. The van der Waals surface area contributed by atoms with Crippen molar-refractivity contribution >= 4 is 50.9 Å².